The SMILES string of the molecule is Cc1cc(C)n(-c2ccc(C=NNC(N)=O)cc2)n1. The number of nitrogens with one attached hydrogen (secondary N) is 1. The molecule has 0 spiro atoms. The highest BCUT2D eigenvalue weighted by Gasteiger charge is 2.02. The van der Waals surface area contributed by atoms with E-state index in [1.807, 2.05) is 48.9 Å². The van der Waals surface area contributed by atoms with Crippen molar-refractivity contribution >= 4 is 12.2 Å². The number of primary amides is 1. The number of aromatic nitrogens is 2. The van der Waals surface area contributed by atoms with E-state index in [2.05, 4.69) is 15.6 Å². The molecule has 98 valence electrons. The van der Waals surface area contributed by atoms with E-state index < -0.39 is 6.03 Å². The van der Waals surface area contributed by atoms with Crippen molar-refractivity contribution in [2.45, 2.75) is 13.8 Å². The largest absolute Gasteiger partial charge is 0.350 e. The van der Waals surface area contributed by atoms with Gasteiger partial charge in [-0.3, -0.25) is 0 Å². The first kappa shape index (κ1) is 12.8. The number of nitrogens with zero attached hydrogens (tertiary/aromatic N) is 3. The fraction of sp³-hybridized carbons (Fsp3) is 0.154. The van der Waals surface area contributed by atoms with Crippen molar-refractivity contribution in [3.8, 4) is 5.69 Å². The van der Waals surface area contributed by atoms with Crippen LogP contribution in [0.2, 0.25) is 0 Å². The summed E-state index contributed by atoms with van der Waals surface area (Å²) in [7, 11) is 0. The Balaban J connectivity index is 2.17. The van der Waals surface area contributed by atoms with Gasteiger partial charge >= 0.3 is 6.03 Å². The maximum absolute atomic E-state index is 10.5. The van der Waals surface area contributed by atoms with Gasteiger partial charge in [0.1, 0.15) is 0 Å². The summed E-state index contributed by atoms with van der Waals surface area (Å²) in [5, 5.41) is 8.10. The molecule has 0 aliphatic carbocycles. The second-order valence-corrected chi connectivity index (χ2v) is 4.16. The average molecular weight is 257 g/mol. The fourth-order valence-corrected chi connectivity index (χ4v) is 1.76. The van der Waals surface area contributed by atoms with Crippen molar-refractivity contribution in [1.29, 1.82) is 0 Å². The first-order valence-electron chi connectivity index (χ1n) is 5.78. The molecular formula is C13H15N5O. The molecule has 0 bridgehead atoms. The summed E-state index contributed by atoms with van der Waals surface area (Å²) >= 11 is 0. The molecule has 1 heterocycles. The van der Waals surface area contributed by atoms with Crippen LogP contribution >= 0.6 is 0 Å². The predicted octanol–water partition coefficient (Wildman–Crippen LogP) is 1.49. The van der Waals surface area contributed by atoms with Crippen LogP contribution in [-0.2, 0) is 0 Å². The van der Waals surface area contributed by atoms with E-state index in [9.17, 15) is 4.79 Å². The second-order valence-electron chi connectivity index (χ2n) is 4.16. The molecule has 19 heavy (non-hydrogen) atoms. The summed E-state index contributed by atoms with van der Waals surface area (Å²) in [6.07, 6.45) is 1.52. The van der Waals surface area contributed by atoms with Gasteiger partial charge in [0.15, 0.2) is 0 Å². The summed E-state index contributed by atoms with van der Waals surface area (Å²) in [5.74, 6) is 0. The minimum absolute atomic E-state index is 0.685. The van der Waals surface area contributed by atoms with E-state index in [4.69, 9.17) is 5.73 Å². The molecule has 0 fully saturated rings. The number of amides is 2. The lowest BCUT2D eigenvalue weighted by Crippen LogP contribution is -2.24. The number of carbonyl (C=O) groups excluding carboxylic acids is 1. The van der Waals surface area contributed by atoms with Gasteiger partial charge in [0.05, 0.1) is 17.6 Å². The minimum Gasteiger partial charge on any atom is -0.350 e. The molecule has 2 aromatic rings. The first-order chi connectivity index (χ1) is 9.06. The molecule has 0 atom stereocenters. The number of rotatable bonds is 3. The molecule has 3 N–H and O–H groups in total. The van der Waals surface area contributed by atoms with Gasteiger partial charge in [-0.15, -0.1) is 0 Å². The standard InChI is InChI=1S/C13H15N5O/c1-9-7-10(2)18(17-9)12-5-3-11(4-6-12)8-15-16-13(14)19/h3-8H,1-2H3,(H3,14,16,19). The molecule has 6 heteroatoms. The quantitative estimate of drug-likeness (QED) is 0.644. The van der Waals surface area contributed by atoms with E-state index in [1.54, 1.807) is 0 Å². The second kappa shape index (κ2) is 5.34. The molecule has 6 nitrogen and oxygen atoms in total. The highest BCUT2D eigenvalue weighted by molar-refractivity contribution is 5.81. The molecule has 1 aromatic carbocycles. The Morgan fingerprint density at radius 3 is 2.58 bits per heavy atom. The molecule has 2 rings (SSSR count). The lowest BCUT2D eigenvalue weighted by molar-refractivity contribution is 0.249. The van der Waals surface area contributed by atoms with Gasteiger partial charge in [-0.25, -0.2) is 14.9 Å². The maximum Gasteiger partial charge on any atom is 0.332 e. The summed E-state index contributed by atoms with van der Waals surface area (Å²) < 4.78 is 1.87. The number of aryl methyl sites for hydroxylation is 2. The van der Waals surface area contributed by atoms with Crippen molar-refractivity contribution in [2.75, 3.05) is 0 Å². The van der Waals surface area contributed by atoms with E-state index in [0.717, 1.165) is 22.6 Å². The molecule has 0 saturated heterocycles. The molecular weight excluding hydrogens is 242 g/mol. The minimum atomic E-state index is -0.685. The first-order valence-corrected chi connectivity index (χ1v) is 5.78. The molecule has 0 aliphatic heterocycles. The average Bonchev–Trinajstić information content (AvgIpc) is 2.69. The maximum atomic E-state index is 10.5. The number of urea groups is 1. The summed E-state index contributed by atoms with van der Waals surface area (Å²) in [4.78, 5) is 10.5. The van der Waals surface area contributed by atoms with Crippen LogP contribution in [0.15, 0.2) is 35.4 Å². The molecule has 2 amide bonds. The number of hydrogen-bond acceptors (Lipinski definition) is 3. The van der Waals surface area contributed by atoms with Crippen LogP contribution in [-0.4, -0.2) is 22.0 Å². The number of nitrogens with two attached hydrogens (primary N) is 1. The monoisotopic (exact) mass is 257 g/mol. The van der Waals surface area contributed by atoms with E-state index >= 15 is 0 Å². The van der Waals surface area contributed by atoms with Gasteiger partial charge in [0.2, 0.25) is 0 Å². The Kier molecular flexibility index (Phi) is 3.61. The van der Waals surface area contributed by atoms with Gasteiger partial charge < -0.3 is 5.73 Å². The van der Waals surface area contributed by atoms with E-state index in [1.165, 1.54) is 6.21 Å². The van der Waals surface area contributed by atoms with Crippen molar-refractivity contribution in [2.24, 2.45) is 10.8 Å². The molecule has 0 unspecified atom stereocenters. The van der Waals surface area contributed by atoms with Crippen LogP contribution in [0.5, 0.6) is 0 Å². The van der Waals surface area contributed by atoms with Crippen molar-refractivity contribution in [3.63, 3.8) is 0 Å². The zero-order valence-corrected chi connectivity index (χ0v) is 10.8. The predicted molar refractivity (Wildman–Crippen MR) is 73.4 cm³/mol. The van der Waals surface area contributed by atoms with Gasteiger partial charge in [0.25, 0.3) is 0 Å². The number of carbonyl (C=O) groups is 1. The van der Waals surface area contributed by atoms with Crippen LogP contribution in [0.25, 0.3) is 5.69 Å². The lowest BCUT2D eigenvalue weighted by Gasteiger charge is -2.04. The number of hydrazone groups is 1. The molecule has 0 aliphatic rings. The smallest absolute Gasteiger partial charge is 0.332 e. The highest BCUT2D eigenvalue weighted by Crippen LogP contribution is 2.12. The van der Waals surface area contributed by atoms with Crippen LogP contribution < -0.4 is 11.2 Å². The van der Waals surface area contributed by atoms with Gasteiger partial charge in [0, 0.05) is 5.69 Å². The van der Waals surface area contributed by atoms with Crippen LogP contribution in [0.1, 0.15) is 17.0 Å². The molecule has 0 radical (unpaired) electrons. The van der Waals surface area contributed by atoms with E-state index in [-0.39, 0.29) is 0 Å². The zero-order chi connectivity index (χ0) is 13.8. The summed E-state index contributed by atoms with van der Waals surface area (Å²) in [6.45, 7) is 3.96. The third-order valence-electron chi connectivity index (χ3n) is 2.54. The highest BCUT2D eigenvalue weighted by atomic mass is 16.2. The topological polar surface area (TPSA) is 85.3 Å². The Hall–Kier alpha value is -2.63. The number of hydrogen-bond donors (Lipinski definition) is 2. The van der Waals surface area contributed by atoms with Crippen LogP contribution in [0.3, 0.4) is 0 Å². The normalized spacial score (nSPS) is 10.8. The van der Waals surface area contributed by atoms with Crippen LogP contribution in [0, 0.1) is 13.8 Å². The lowest BCUT2D eigenvalue weighted by atomic mass is 10.2. The molecule has 1 aromatic heterocycles. The third-order valence-corrected chi connectivity index (χ3v) is 2.54. The Morgan fingerprint density at radius 2 is 2.05 bits per heavy atom. The van der Waals surface area contributed by atoms with Gasteiger partial charge in [-0.05, 0) is 37.6 Å². The van der Waals surface area contributed by atoms with E-state index in [0.29, 0.717) is 0 Å². The Bertz CT molecular complexity index is 612. The summed E-state index contributed by atoms with van der Waals surface area (Å²) in [6, 6.07) is 8.98. The van der Waals surface area contributed by atoms with Gasteiger partial charge in [-0.1, -0.05) is 12.1 Å². The van der Waals surface area contributed by atoms with Gasteiger partial charge in [-0.2, -0.15) is 10.2 Å². The summed E-state index contributed by atoms with van der Waals surface area (Å²) in [5.41, 5.74) is 10.9. The Labute approximate surface area is 110 Å². The zero-order valence-electron chi connectivity index (χ0n) is 10.8. The fourth-order valence-electron chi connectivity index (χ4n) is 1.76. The Morgan fingerprint density at radius 1 is 1.37 bits per heavy atom. The van der Waals surface area contributed by atoms with Crippen molar-refractivity contribution in [3.05, 3.63) is 47.3 Å². The van der Waals surface area contributed by atoms with Crippen LogP contribution in [0.4, 0.5) is 4.79 Å². The third kappa shape index (κ3) is 3.19. The van der Waals surface area contributed by atoms with Crippen molar-refractivity contribution < 1.29 is 4.79 Å². The van der Waals surface area contributed by atoms with Crippen molar-refractivity contribution in [1.82, 2.24) is 15.2 Å². The molecule has 0 saturated carbocycles. The number of benzene rings is 1.